The molecule has 2 rings (SSSR count). The van der Waals surface area contributed by atoms with Crippen LogP contribution in [0.1, 0.15) is 36.5 Å². The molecule has 0 bridgehead atoms. The van der Waals surface area contributed by atoms with Crippen LogP contribution in [0.4, 0.5) is 5.69 Å². The first-order valence-electron chi connectivity index (χ1n) is 7.69. The van der Waals surface area contributed by atoms with Gasteiger partial charge in [-0.3, -0.25) is 4.79 Å². The lowest BCUT2D eigenvalue weighted by Crippen LogP contribution is -2.37. The van der Waals surface area contributed by atoms with E-state index >= 15 is 0 Å². The van der Waals surface area contributed by atoms with Crippen molar-refractivity contribution >= 4 is 11.6 Å². The fourth-order valence-electron chi connectivity index (χ4n) is 2.52. The molecule has 2 aromatic rings. The van der Waals surface area contributed by atoms with E-state index in [0.717, 1.165) is 22.4 Å². The van der Waals surface area contributed by atoms with E-state index in [2.05, 4.69) is 25.2 Å². The van der Waals surface area contributed by atoms with Crippen LogP contribution in [0.5, 0.6) is 0 Å². The molecule has 0 saturated heterocycles. The monoisotopic (exact) mass is 296 g/mol. The third kappa shape index (κ3) is 3.95. The fourth-order valence-corrected chi connectivity index (χ4v) is 2.52. The highest BCUT2D eigenvalue weighted by atomic mass is 16.2. The van der Waals surface area contributed by atoms with E-state index in [4.69, 9.17) is 5.73 Å². The number of aryl methyl sites for hydroxylation is 1. The number of rotatable bonds is 5. The Morgan fingerprint density at radius 2 is 1.77 bits per heavy atom. The Hall–Kier alpha value is -2.13. The molecule has 116 valence electrons. The molecule has 3 N–H and O–H groups in total. The van der Waals surface area contributed by atoms with Gasteiger partial charge < -0.3 is 11.1 Å². The number of nitrogens with one attached hydrogen (secondary N) is 1. The summed E-state index contributed by atoms with van der Waals surface area (Å²) in [5, 5.41) is 3.02. The highest BCUT2D eigenvalue weighted by Gasteiger charge is 2.17. The summed E-state index contributed by atoms with van der Waals surface area (Å²) in [4.78, 5) is 12.4. The second-order valence-electron chi connectivity index (χ2n) is 5.98. The Morgan fingerprint density at radius 3 is 2.41 bits per heavy atom. The molecule has 22 heavy (non-hydrogen) atoms. The molecule has 3 nitrogen and oxygen atoms in total. The van der Waals surface area contributed by atoms with Crippen LogP contribution in [0, 0.1) is 6.92 Å². The lowest BCUT2D eigenvalue weighted by atomic mass is 9.97. The molecule has 0 fully saturated rings. The number of anilines is 1. The van der Waals surface area contributed by atoms with Crippen LogP contribution >= 0.6 is 0 Å². The molecule has 0 aromatic heterocycles. The van der Waals surface area contributed by atoms with Crippen LogP contribution in [-0.4, -0.2) is 11.9 Å². The normalized spacial score (nSPS) is 12.2. The summed E-state index contributed by atoms with van der Waals surface area (Å²) in [5.41, 5.74) is 10.2. The number of hydrogen-bond acceptors (Lipinski definition) is 2. The van der Waals surface area contributed by atoms with Crippen LogP contribution < -0.4 is 11.1 Å². The van der Waals surface area contributed by atoms with Crippen molar-refractivity contribution in [3.05, 3.63) is 65.2 Å². The van der Waals surface area contributed by atoms with E-state index in [1.807, 2.05) is 49.4 Å². The van der Waals surface area contributed by atoms with Crippen molar-refractivity contribution in [2.24, 2.45) is 5.73 Å². The molecule has 0 unspecified atom stereocenters. The van der Waals surface area contributed by atoms with Gasteiger partial charge in [0.05, 0.1) is 6.04 Å². The highest BCUT2D eigenvalue weighted by molar-refractivity contribution is 5.96. The van der Waals surface area contributed by atoms with Gasteiger partial charge in [0.25, 0.3) is 0 Å². The van der Waals surface area contributed by atoms with Gasteiger partial charge in [0.2, 0.25) is 5.91 Å². The molecule has 0 spiro atoms. The molecule has 0 radical (unpaired) electrons. The summed E-state index contributed by atoms with van der Waals surface area (Å²) >= 11 is 0. The molecule has 0 aliphatic carbocycles. The van der Waals surface area contributed by atoms with Gasteiger partial charge in [-0.15, -0.1) is 0 Å². The average molecular weight is 296 g/mol. The second-order valence-corrected chi connectivity index (χ2v) is 5.98. The lowest BCUT2D eigenvalue weighted by molar-refractivity contribution is -0.117. The van der Waals surface area contributed by atoms with Gasteiger partial charge in [0, 0.05) is 5.69 Å². The Balaban J connectivity index is 2.12. The topological polar surface area (TPSA) is 55.1 Å². The smallest absolute Gasteiger partial charge is 0.241 e. The van der Waals surface area contributed by atoms with E-state index in [-0.39, 0.29) is 5.91 Å². The molecule has 0 heterocycles. The van der Waals surface area contributed by atoms with E-state index in [9.17, 15) is 4.79 Å². The van der Waals surface area contributed by atoms with Crippen molar-refractivity contribution in [2.45, 2.75) is 39.2 Å². The van der Waals surface area contributed by atoms with Crippen molar-refractivity contribution in [2.75, 3.05) is 5.32 Å². The number of benzene rings is 2. The summed E-state index contributed by atoms with van der Waals surface area (Å²) in [5.74, 6) is 0.209. The van der Waals surface area contributed by atoms with E-state index < -0.39 is 6.04 Å². The van der Waals surface area contributed by atoms with Crippen LogP contribution in [0.15, 0.2) is 48.5 Å². The third-order valence-corrected chi connectivity index (χ3v) is 3.81. The summed E-state index contributed by atoms with van der Waals surface area (Å²) in [7, 11) is 0. The summed E-state index contributed by atoms with van der Waals surface area (Å²) in [6.45, 7) is 6.24. The molecule has 1 atom stereocenters. The standard InChI is InChI=1S/C19H24N2O/c1-13(2)16-11-7-8-14(3)18(16)21-19(22)17(20)12-15-9-5-4-6-10-15/h4-11,13,17H,12,20H2,1-3H3,(H,21,22)/t17-/m0/s1. The minimum absolute atomic E-state index is 0.139. The van der Waals surface area contributed by atoms with Crippen molar-refractivity contribution in [3.63, 3.8) is 0 Å². The Bertz CT molecular complexity index is 635. The molecule has 0 aliphatic heterocycles. The maximum absolute atomic E-state index is 12.4. The van der Waals surface area contributed by atoms with Gasteiger partial charge in [-0.1, -0.05) is 62.4 Å². The van der Waals surface area contributed by atoms with Gasteiger partial charge in [0.15, 0.2) is 0 Å². The maximum Gasteiger partial charge on any atom is 0.241 e. The fraction of sp³-hybridized carbons (Fsp3) is 0.316. The van der Waals surface area contributed by atoms with Crippen molar-refractivity contribution in [3.8, 4) is 0 Å². The molecular weight excluding hydrogens is 272 g/mol. The number of amides is 1. The van der Waals surface area contributed by atoms with Gasteiger partial charge in [-0.25, -0.2) is 0 Å². The summed E-state index contributed by atoms with van der Waals surface area (Å²) in [6, 6.07) is 15.4. The molecular formula is C19H24N2O. The van der Waals surface area contributed by atoms with Crippen LogP contribution in [-0.2, 0) is 11.2 Å². The first kappa shape index (κ1) is 16.2. The summed E-state index contributed by atoms with van der Waals surface area (Å²) < 4.78 is 0. The average Bonchev–Trinajstić information content (AvgIpc) is 2.49. The number of carbonyl (C=O) groups excluding carboxylic acids is 1. The first-order chi connectivity index (χ1) is 10.5. The Morgan fingerprint density at radius 1 is 1.09 bits per heavy atom. The van der Waals surface area contributed by atoms with Crippen LogP contribution in [0.2, 0.25) is 0 Å². The van der Waals surface area contributed by atoms with Gasteiger partial charge in [0.1, 0.15) is 0 Å². The van der Waals surface area contributed by atoms with E-state index in [0.29, 0.717) is 12.3 Å². The highest BCUT2D eigenvalue weighted by Crippen LogP contribution is 2.27. The second kappa shape index (κ2) is 7.23. The molecule has 3 heteroatoms. The number of para-hydroxylation sites is 1. The number of hydrogen-bond donors (Lipinski definition) is 2. The van der Waals surface area contributed by atoms with Crippen molar-refractivity contribution in [1.82, 2.24) is 0 Å². The predicted octanol–water partition coefficient (Wildman–Crippen LogP) is 3.63. The zero-order chi connectivity index (χ0) is 16.1. The number of carbonyl (C=O) groups is 1. The van der Waals surface area contributed by atoms with Gasteiger partial charge in [-0.2, -0.15) is 0 Å². The zero-order valence-corrected chi connectivity index (χ0v) is 13.5. The predicted molar refractivity (Wildman–Crippen MR) is 92.0 cm³/mol. The van der Waals surface area contributed by atoms with Gasteiger partial charge >= 0.3 is 0 Å². The number of nitrogens with two attached hydrogens (primary N) is 1. The zero-order valence-electron chi connectivity index (χ0n) is 13.5. The van der Waals surface area contributed by atoms with Crippen LogP contribution in [0.3, 0.4) is 0 Å². The maximum atomic E-state index is 12.4. The van der Waals surface area contributed by atoms with Crippen molar-refractivity contribution < 1.29 is 4.79 Å². The van der Waals surface area contributed by atoms with E-state index in [1.54, 1.807) is 0 Å². The largest absolute Gasteiger partial charge is 0.324 e. The minimum Gasteiger partial charge on any atom is -0.324 e. The lowest BCUT2D eigenvalue weighted by Gasteiger charge is -2.18. The Labute approximate surface area is 132 Å². The minimum atomic E-state index is -0.554. The molecule has 0 aliphatic rings. The Kier molecular flexibility index (Phi) is 5.34. The van der Waals surface area contributed by atoms with E-state index in [1.165, 1.54) is 0 Å². The van der Waals surface area contributed by atoms with Crippen molar-refractivity contribution in [1.29, 1.82) is 0 Å². The van der Waals surface area contributed by atoms with Gasteiger partial charge in [-0.05, 0) is 36.0 Å². The third-order valence-electron chi connectivity index (χ3n) is 3.81. The van der Waals surface area contributed by atoms with Crippen LogP contribution in [0.25, 0.3) is 0 Å². The first-order valence-corrected chi connectivity index (χ1v) is 7.69. The SMILES string of the molecule is Cc1cccc(C(C)C)c1NC(=O)[C@@H](N)Cc1ccccc1. The molecule has 0 saturated carbocycles. The molecule has 1 amide bonds. The quantitative estimate of drug-likeness (QED) is 0.885. The molecule has 2 aromatic carbocycles. The summed E-state index contributed by atoms with van der Waals surface area (Å²) in [6.07, 6.45) is 0.537.